The van der Waals surface area contributed by atoms with Gasteiger partial charge in [0.05, 0.1) is 11.3 Å². The van der Waals surface area contributed by atoms with E-state index in [1.165, 1.54) is 11.1 Å². The van der Waals surface area contributed by atoms with Crippen LogP contribution in [0, 0.1) is 5.92 Å². The van der Waals surface area contributed by atoms with E-state index in [2.05, 4.69) is 21.4 Å². The Labute approximate surface area is 132 Å². The van der Waals surface area contributed by atoms with Gasteiger partial charge in [0.15, 0.2) is 5.78 Å². The summed E-state index contributed by atoms with van der Waals surface area (Å²) in [6.07, 6.45) is 2.73. The second-order valence-corrected chi connectivity index (χ2v) is 6.72. The van der Waals surface area contributed by atoms with E-state index in [0.29, 0.717) is 18.4 Å². The Hall–Kier alpha value is -2.08. The molecule has 2 heterocycles. The van der Waals surface area contributed by atoms with Crippen LogP contribution >= 0.6 is 11.3 Å². The van der Waals surface area contributed by atoms with Crippen LogP contribution < -0.4 is 5.32 Å². The molecule has 0 saturated carbocycles. The summed E-state index contributed by atoms with van der Waals surface area (Å²) < 4.78 is 0. The first kappa shape index (κ1) is 14.8. The molecule has 22 heavy (non-hydrogen) atoms. The van der Waals surface area contributed by atoms with Gasteiger partial charge < -0.3 is 0 Å². The number of carbonyl (C=O) groups excluding carboxylic acids is 2. The normalized spacial score (nSPS) is 17.4. The van der Waals surface area contributed by atoms with Crippen LogP contribution in [0.2, 0.25) is 0 Å². The average Bonchev–Trinajstić information content (AvgIpc) is 3.00. The van der Waals surface area contributed by atoms with Crippen LogP contribution in [0.3, 0.4) is 0 Å². The Bertz CT molecular complexity index is 710. The molecule has 0 bridgehead atoms. The molecule has 2 aromatic rings. The number of Topliss-reactive ketones (excluding diaryl/α,β-unsaturated/α-hetero) is 1. The predicted molar refractivity (Wildman–Crippen MR) is 85.2 cm³/mol. The Morgan fingerprint density at radius 2 is 2.23 bits per heavy atom. The zero-order valence-corrected chi connectivity index (χ0v) is 13.3. The van der Waals surface area contributed by atoms with Crippen molar-refractivity contribution in [1.29, 1.82) is 0 Å². The largest absolute Gasteiger partial charge is 0.294 e. The van der Waals surface area contributed by atoms with Gasteiger partial charge in [-0.05, 0) is 17.9 Å². The van der Waals surface area contributed by atoms with Crippen LogP contribution in [0.25, 0.3) is 0 Å². The number of carbonyl (C=O) groups is 2. The van der Waals surface area contributed by atoms with Gasteiger partial charge in [-0.3, -0.25) is 14.9 Å². The van der Waals surface area contributed by atoms with E-state index in [-0.39, 0.29) is 29.5 Å². The quantitative estimate of drug-likeness (QED) is 0.945. The molecule has 0 fully saturated rings. The van der Waals surface area contributed by atoms with Crippen molar-refractivity contribution in [2.45, 2.75) is 32.6 Å². The van der Waals surface area contributed by atoms with Gasteiger partial charge in [-0.15, -0.1) is 11.3 Å². The first-order chi connectivity index (χ1) is 10.5. The van der Waals surface area contributed by atoms with E-state index in [9.17, 15) is 9.59 Å². The highest BCUT2D eigenvalue weighted by Crippen LogP contribution is 2.34. The van der Waals surface area contributed by atoms with Crippen molar-refractivity contribution in [2.24, 2.45) is 5.92 Å². The highest BCUT2D eigenvalue weighted by atomic mass is 32.1. The zero-order valence-electron chi connectivity index (χ0n) is 12.5. The lowest BCUT2D eigenvalue weighted by Gasteiger charge is -2.22. The van der Waals surface area contributed by atoms with Gasteiger partial charge in [-0.1, -0.05) is 19.9 Å². The minimum atomic E-state index is -0.139. The van der Waals surface area contributed by atoms with E-state index in [1.54, 1.807) is 11.3 Å². The molecule has 1 aliphatic carbocycles. The third-order valence-corrected chi connectivity index (χ3v) is 4.78. The molecular weight excluding hydrogens is 298 g/mol. The van der Waals surface area contributed by atoms with Crippen molar-refractivity contribution in [2.75, 3.05) is 5.32 Å². The van der Waals surface area contributed by atoms with Gasteiger partial charge in [0.2, 0.25) is 11.9 Å². The lowest BCUT2D eigenvalue weighted by Crippen LogP contribution is -2.23. The number of thiophene rings is 1. The first-order valence-electron chi connectivity index (χ1n) is 7.28. The van der Waals surface area contributed by atoms with Crippen molar-refractivity contribution in [3.63, 3.8) is 0 Å². The van der Waals surface area contributed by atoms with Crippen LogP contribution in [-0.4, -0.2) is 21.7 Å². The molecule has 0 aromatic carbocycles. The lowest BCUT2D eigenvalue weighted by atomic mass is 9.86. The number of rotatable bonds is 3. The summed E-state index contributed by atoms with van der Waals surface area (Å²) >= 11 is 1.66. The minimum Gasteiger partial charge on any atom is -0.294 e. The lowest BCUT2D eigenvalue weighted by molar-refractivity contribution is -0.118. The second-order valence-electron chi connectivity index (χ2n) is 5.74. The van der Waals surface area contributed by atoms with Crippen molar-refractivity contribution in [1.82, 2.24) is 9.97 Å². The Kier molecular flexibility index (Phi) is 4.02. The Morgan fingerprint density at radius 1 is 1.41 bits per heavy atom. The number of nitrogens with zero attached hydrogens (tertiary/aromatic N) is 2. The van der Waals surface area contributed by atoms with Crippen molar-refractivity contribution in [3.8, 4) is 0 Å². The van der Waals surface area contributed by atoms with E-state index in [1.807, 2.05) is 25.3 Å². The SMILES string of the molecule is CC(C)C(=O)Nc1ncc2c(n1)C[C@@H](c1cccs1)CC2=O. The molecule has 1 aliphatic rings. The maximum atomic E-state index is 12.3. The number of ketones is 1. The summed E-state index contributed by atoms with van der Waals surface area (Å²) in [6.45, 7) is 3.62. The summed E-state index contributed by atoms with van der Waals surface area (Å²) in [5.41, 5.74) is 1.30. The van der Waals surface area contributed by atoms with Gasteiger partial charge >= 0.3 is 0 Å². The molecule has 1 N–H and O–H groups in total. The molecule has 3 rings (SSSR count). The molecule has 0 radical (unpaired) electrons. The van der Waals surface area contributed by atoms with Crippen LogP contribution in [0.4, 0.5) is 5.95 Å². The van der Waals surface area contributed by atoms with E-state index in [0.717, 1.165) is 5.69 Å². The van der Waals surface area contributed by atoms with Gasteiger partial charge in [0.25, 0.3) is 0 Å². The van der Waals surface area contributed by atoms with E-state index >= 15 is 0 Å². The molecular formula is C16H17N3O2S. The van der Waals surface area contributed by atoms with Gasteiger partial charge in [0, 0.05) is 29.3 Å². The molecule has 5 nitrogen and oxygen atoms in total. The first-order valence-corrected chi connectivity index (χ1v) is 8.16. The summed E-state index contributed by atoms with van der Waals surface area (Å²) in [5, 5.41) is 4.70. The number of aromatic nitrogens is 2. The molecule has 6 heteroatoms. The summed E-state index contributed by atoms with van der Waals surface area (Å²) in [7, 11) is 0. The molecule has 0 aliphatic heterocycles. The summed E-state index contributed by atoms with van der Waals surface area (Å²) in [6, 6.07) is 4.05. The molecule has 0 saturated heterocycles. The molecule has 2 aromatic heterocycles. The standard InChI is InChI=1S/C16H17N3O2S/c1-9(2)15(21)19-16-17-8-11-12(18-16)6-10(7-13(11)20)14-4-3-5-22-14/h3-5,8-10H,6-7H2,1-2H3,(H,17,18,19,21)/t10-/m1/s1. The van der Waals surface area contributed by atoms with Crippen LogP contribution in [0.1, 0.15) is 47.1 Å². The highest BCUT2D eigenvalue weighted by molar-refractivity contribution is 7.10. The van der Waals surface area contributed by atoms with Crippen molar-refractivity contribution < 1.29 is 9.59 Å². The molecule has 0 unspecified atom stereocenters. The smallest absolute Gasteiger partial charge is 0.229 e. The Morgan fingerprint density at radius 3 is 2.91 bits per heavy atom. The number of amides is 1. The highest BCUT2D eigenvalue weighted by Gasteiger charge is 2.28. The predicted octanol–water partition coefficient (Wildman–Crippen LogP) is 3.05. The molecule has 1 amide bonds. The zero-order chi connectivity index (χ0) is 15.7. The van der Waals surface area contributed by atoms with Crippen molar-refractivity contribution in [3.05, 3.63) is 39.8 Å². The van der Waals surface area contributed by atoms with Crippen LogP contribution in [0.15, 0.2) is 23.7 Å². The average molecular weight is 315 g/mol. The fourth-order valence-corrected chi connectivity index (χ4v) is 3.32. The third-order valence-electron chi connectivity index (χ3n) is 3.74. The number of hydrogen-bond acceptors (Lipinski definition) is 5. The number of nitrogens with one attached hydrogen (secondary N) is 1. The number of fused-ring (bicyclic) bond motifs is 1. The molecule has 1 atom stereocenters. The van der Waals surface area contributed by atoms with E-state index < -0.39 is 0 Å². The fraction of sp³-hybridized carbons (Fsp3) is 0.375. The Balaban J connectivity index is 1.86. The van der Waals surface area contributed by atoms with Crippen molar-refractivity contribution >= 4 is 29.0 Å². The summed E-state index contributed by atoms with van der Waals surface area (Å²) in [4.78, 5) is 33.7. The third kappa shape index (κ3) is 2.92. The second kappa shape index (κ2) is 5.96. The van der Waals surface area contributed by atoms with Gasteiger partial charge in [-0.25, -0.2) is 9.97 Å². The van der Waals surface area contributed by atoms with E-state index in [4.69, 9.17) is 0 Å². The maximum Gasteiger partial charge on any atom is 0.229 e. The molecule has 0 spiro atoms. The van der Waals surface area contributed by atoms with Crippen LogP contribution in [-0.2, 0) is 11.2 Å². The monoisotopic (exact) mass is 315 g/mol. The maximum absolute atomic E-state index is 12.3. The van der Waals surface area contributed by atoms with Gasteiger partial charge in [-0.2, -0.15) is 0 Å². The van der Waals surface area contributed by atoms with Gasteiger partial charge in [0.1, 0.15) is 0 Å². The number of anilines is 1. The topological polar surface area (TPSA) is 72.0 Å². The minimum absolute atomic E-state index is 0.0707. The number of hydrogen-bond donors (Lipinski definition) is 1. The molecule has 114 valence electrons. The fourth-order valence-electron chi connectivity index (χ4n) is 2.48. The summed E-state index contributed by atoms with van der Waals surface area (Å²) in [5.74, 6) is 0.249. The van der Waals surface area contributed by atoms with Crippen LogP contribution in [0.5, 0.6) is 0 Å².